The van der Waals surface area contributed by atoms with Crippen molar-refractivity contribution < 1.29 is 4.79 Å². The number of alkyl halides is 1. The summed E-state index contributed by atoms with van der Waals surface area (Å²) < 4.78 is 1.75. The number of carbonyl (C=O) groups excluding carboxylic acids is 1. The molecule has 2 rings (SSSR count). The predicted molar refractivity (Wildman–Crippen MR) is 83.3 cm³/mol. The summed E-state index contributed by atoms with van der Waals surface area (Å²) in [5, 5.41) is 7.02. The summed E-state index contributed by atoms with van der Waals surface area (Å²) in [6, 6.07) is 7.87. The SMILES string of the molecule is CCc1ccccc1N(Cn1cnnc1)C(=O)C(Cl)CC. The third kappa shape index (κ3) is 3.61. The molecule has 0 saturated carbocycles. The van der Waals surface area contributed by atoms with Crippen molar-refractivity contribution in [2.75, 3.05) is 4.90 Å². The van der Waals surface area contributed by atoms with E-state index in [0.717, 1.165) is 17.7 Å². The minimum atomic E-state index is -0.536. The number of benzene rings is 1. The summed E-state index contributed by atoms with van der Waals surface area (Å²) >= 11 is 6.16. The highest BCUT2D eigenvalue weighted by molar-refractivity contribution is 6.32. The van der Waals surface area contributed by atoms with E-state index in [4.69, 9.17) is 11.6 Å². The zero-order valence-electron chi connectivity index (χ0n) is 12.2. The molecule has 0 aliphatic carbocycles. The molecule has 1 unspecified atom stereocenters. The minimum absolute atomic E-state index is 0.103. The number of amides is 1. The molecule has 1 aromatic heterocycles. The van der Waals surface area contributed by atoms with Crippen molar-refractivity contribution in [2.45, 2.75) is 38.7 Å². The largest absolute Gasteiger partial charge is 0.301 e. The van der Waals surface area contributed by atoms with Crippen LogP contribution in [-0.4, -0.2) is 26.0 Å². The molecular weight excluding hydrogens is 288 g/mol. The second kappa shape index (κ2) is 7.22. The van der Waals surface area contributed by atoms with Crippen LogP contribution in [0.3, 0.4) is 0 Å². The van der Waals surface area contributed by atoms with Gasteiger partial charge in [0.15, 0.2) is 0 Å². The highest BCUT2D eigenvalue weighted by Crippen LogP contribution is 2.24. The van der Waals surface area contributed by atoms with Gasteiger partial charge in [-0.05, 0) is 24.5 Å². The molecule has 0 fully saturated rings. The van der Waals surface area contributed by atoms with E-state index < -0.39 is 5.38 Å². The Bertz CT molecular complexity index is 585. The van der Waals surface area contributed by atoms with E-state index in [1.807, 2.05) is 31.2 Å². The maximum absolute atomic E-state index is 12.6. The molecule has 2 aromatic rings. The van der Waals surface area contributed by atoms with Gasteiger partial charge >= 0.3 is 0 Å². The molecule has 0 aliphatic heterocycles. The number of aryl methyl sites for hydroxylation is 1. The van der Waals surface area contributed by atoms with E-state index in [2.05, 4.69) is 17.1 Å². The molecule has 0 saturated heterocycles. The van der Waals surface area contributed by atoms with Crippen molar-refractivity contribution in [3.63, 3.8) is 0 Å². The van der Waals surface area contributed by atoms with Gasteiger partial charge in [-0.3, -0.25) is 9.69 Å². The monoisotopic (exact) mass is 306 g/mol. The van der Waals surface area contributed by atoms with Gasteiger partial charge in [-0.25, -0.2) is 0 Å². The molecule has 1 amide bonds. The van der Waals surface area contributed by atoms with E-state index in [9.17, 15) is 4.79 Å². The summed E-state index contributed by atoms with van der Waals surface area (Å²) in [5.41, 5.74) is 2.00. The highest BCUT2D eigenvalue weighted by Gasteiger charge is 2.24. The summed E-state index contributed by atoms with van der Waals surface area (Å²) in [4.78, 5) is 14.3. The van der Waals surface area contributed by atoms with E-state index in [0.29, 0.717) is 13.1 Å². The number of nitrogens with zero attached hydrogens (tertiary/aromatic N) is 4. The second-order valence-electron chi connectivity index (χ2n) is 4.74. The van der Waals surface area contributed by atoms with Crippen LogP contribution in [0.2, 0.25) is 0 Å². The lowest BCUT2D eigenvalue weighted by molar-refractivity contribution is -0.118. The van der Waals surface area contributed by atoms with Gasteiger partial charge in [0, 0.05) is 5.69 Å². The standard InChI is InChI=1S/C15H19ClN4O/c1-3-12-7-5-6-8-14(12)20(15(21)13(16)4-2)11-19-9-17-18-10-19/h5-10,13H,3-4,11H2,1-2H3. The summed E-state index contributed by atoms with van der Waals surface area (Å²) in [6.07, 6.45) is 4.61. The molecule has 5 nitrogen and oxygen atoms in total. The number of rotatable bonds is 6. The molecule has 0 aliphatic rings. The molecule has 21 heavy (non-hydrogen) atoms. The minimum Gasteiger partial charge on any atom is -0.301 e. The van der Waals surface area contributed by atoms with Gasteiger partial charge in [0.2, 0.25) is 5.91 Å². The van der Waals surface area contributed by atoms with Gasteiger partial charge in [-0.2, -0.15) is 0 Å². The number of carbonyl (C=O) groups is 1. The van der Waals surface area contributed by atoms with Crippen molar-refractivity contribution in [1.29, 1.82) is 0 Å². The fourth-order valence-electron chi connectivity index (χ4n) is 2.14. The number of para-hydroxylation sites is 1. The van der Waals surface area contributed by atoms with Crippen LogP contribution in [0.5, 0.6) is 0 Å². The normalized spacial score (nSPS) is 12.1. The molecule has 6 heteroatoms. The van der Waals surface area contributed by atoms with E-state index in [1.54, 1.807) is 22.1 Å². The summed E-state index contributed by atoms with van der Waals surface area (Å²) in [7, 11) is 0. The number of hydrogen-bond acceptors (Lipinski definition) is 3. The lowest BCUT2D eigenvalue weighted by Crippen LogP contribution is -2.38. The Labute approximate surface area is 129 Å². The molecule has 1 heterocycles. The van der Waals surface area contributed by atoms with Crippen LogP contribution in [0.4, 0.5) is 5.69 Å². The smallest absolute Gasteiger partial charge is 0.246 e. The Morgan fingerprint density at radius 1 is 1.29 bits per heavy atom. The van der Waals surface area contributed by atoms with Crippen LogP contribution in [0.25, 0.3) is 0 Å². The van der Waals surface area contributed by atoms with Crippen LogP contribution >= 0.6 is 11.6 Å². The van der Waals surface area contributed by atoms with Crippen LogP contribution in [0.1, 0.15) is 25.8 Å². The Balaban J connectivity index is 2.37. The van der Waals surface area contributed by atoms with Gasteiger partial charge < -0.3 is 4.57 Å². The first-order valence-electron chi connectivity index (χ1n) is 7.03. The lowest BCUT2D eigenvalue weighted by atomic mass is 10.1. The van der Waals surface area contributed by atoms with E-state index >= 15 is 0 Å². The summed E-state index contributed by atoms with van der Waals surface area (Å²) in [5.74, 6) is -0.103. The fourth-order valence-corrected chi connectivity index (χ4v) is 2.26. The van der Waals surface area contributed by atoms with Crippen molar-refractivity contribution in [2.24, 2.45) is 0 Å². The highest BCUT2D eigenvalue weighted by atomic mass is 35.5. The lowest BCUT2D eigenvalue weighted by Gasteiger charge is -2.26. The van der Waals surface area contributed by atoms with E-state index in [1.165, 1.54) is 0 Å². The maximum Gasteiger partial charge on any atom is 0.246 e. The van der Waals surface area contributed by atoms with Crippen LogP contribution in [0, 0.1) is 0 Å². The first-order valence-corrected chi connectivity index (χ1v) is 7.46. The average Bonchev–Trinajstić information content (AvgIpc) is 3.04. The van der Waals surface area contributed by atoms with Crippen LogP contribution < -0.4 is 4.90 Å². The van der Waals surface area contributed by atoms with Gasteiger partial charge in [-0.15, -0.1) is 21.8 Å². The zero-order chi connectivity index (χ0) is 15.2. The molecule has 0 N–H and O–H groups in total. The summed E-state index contributed by atoms with van der Waals surface area (Å²) in [6.45, 7) is 4.32. The Morgan fingerprint density at radius 2 is 1.95 bits per heavy atom. The first-order chi connectivity index (χ1) is 10.2. The van der Waals surface area contributed by atoms with Crippen molar-refractivity contribution >= 4 is 23.2 Å². The van der Waals surface area contributed by atoms with Gasteiger partial charge in [0.05, 0.1) is 0 Å². The topological polar surface area (TPSA) is 51.0 Å². The Kier molecular flexibility index (Phi) is 5.33. The average molecular weight is 307 g/mol. The molecule has 1 atom stereocenters. The Hall–Kier alpha value is -1.88. The zero-order valence-corrected chi connectivity index (χ0v) is 13.0. The number of halogens is 1. The number of hydrogen-bond donors (Lipinski definition) is 0. The third-order valence-electron chi connectivity index (χ3n) is 3.33. The van der Waals surface area contributed by atoms with Crippen molar-refractivity contribution in [1.82, 2.24) is 14.8 Å². The first kappa shape index (κ1) is 15.5. The fraction of sp³-hybridized carbons (Fsp3) is 0.400. The van der Waals surface area contributed by atoms with Crippen LogP contribution in [-0.2, 0) is 17.9 Å². The number of aromatic nitrogens is 3. The second-order valence-corrected chi connectivity index (χ2v) is 5.27. The van der Waals surface area contributed by atoms with E-state index in [-0.39, 0.29) is 5.91 Å². The third-order valence-corrected chi connectivity index (χ3v) is 3.82. The van der Waals surface area contributed by atoms with Crippen LogP contribution in [0.15, 0.2) is 36.9 Å². The van der Waals surface area contributed by atoms with Gasteiger partial charge in [0.25, 0.3) is 0 Å². The molecular formula is C15H19ClN4O. The quantitative estimate of drug-likeness (QED) is 0.771. The van der Waals surface area contributed by atoms with Crippen molar-refractivity contribution in [3.8, 4) is 0 Å². The Morgan fingerprint density at radius 3 is 2.57 bits per heavy atom. The van der Waals surface area contributed by atoms with Gasteiger partial charge in [0.1, 0.15) is 24.7 Å². The number of anilines is 1. The molecule has 112 valence electrons. The predicted octanol–water partition coefficient (Wildman–Crippen LogP) is 2.85. The maximum atomic E-state index is 12.6. The van der Waals surface area contributed by atoms with Gasteiger partial charge in [-0.1, -0.05) is 32.0 Å². The molecule has 0 bridgehead atoms. The molecule has 0 radical (unpaired) electrons. The molecule has 0 spiro atoms. The molecule has 1 aromatic carbocycles. The van der Waals surface area contributed by atoms with Crippen molar-refractivity contribution in [3.05, 3.63) is 42.5 Å².